The maximum absolute atomic E-state index is 12.4. The molecule has 1 fully saturated rings. The van der Waals surface area contributed by atoms with Crippen LogP contribution in [0, 0.1) is 5.92 Å². The van der Waals surface area contributed by atoms with Crippen molar-refractivity contribution < 1.29 is 4.79 Å². The number of hydrogen-bond donors (Lipinski definition) is 1. The average Bonchev–Trinajstić information content (AvgIpc) is 2.63. The highest BCUT2D eigenvalue weighted by Gasteiger charge is 2.30. The average molecular weight is 221 g/mol. The number of ketones is 1. The van der Waals surface area contributed by atoms with Gasteiger partial charge in [0.25, 0.3) is 0 Å². The molecular weight excluding hydrogens is 198 g/mol. The van der Waals surface area contributed by atoms with Crippen LogP contribution in [0.3, 0.4) is 0 Å². The van der Waals surface area contributed by atoms with Gasteiger partial charge in [0.1, 0.15) is 0 Å². The summed E-state index contributed by atoms with van der Waals surface area (Å²) in [6.07, 6.45) is 10.4. The predicted molar refractivity (Wildman–Crippen MR) is 66.4 cm³/mol. The van der Waals surface area contributed by atoms with Crippen LogP contribution in [-0.2, 0) is 4.79 Å². The van der Waals surface area contributed by atoms with E-state index in [-0.39, 0.29) is 5.92 Å². The van der Waals surface area contributed by atoms with Crippen molar-refractivity contribution in [3.05, 3.63) is 11.6 Å². The highest BCUT2D eigenvalue weighted by molar-refractivity contribution is 5.97. The Balaban J connectivity index is 2.01. The molecule has 2 heteroatoms. The van der Waals surface area contributed by atoms with Crippen LogP contribution in [-0.4, -0.2) is 18.4 Å². The maximum atomic E-state index is 12.4. The quantitative estimate of drug-likeness (QED) is 0.777. The van der Waals surface area contributed by atoms with Crippen LogP contribution in [0.2, 0.25) is 0 Å². The van der Waals surface area contributed by atoms with Gasteiger partial charge in [-0.2, -0.15) is 0 Å². The molecule has 0 radical (unpaired) electrons. The molecule has 0 amide bonds. The Bertz CT molecular complexity index is 282. The number of rotatable bonds is 2. The molecule has 1 aliphatic carbocycles. The number of hydrogen-bond acceptors (Lipinski definition) is 2. The van der Waals surface area contributed by atoms with E-state index in [1.54, 1.807) is 0 Å². The van der Waals surface area contributed by atoms with Gasteiger partial charge in [0, 0.05) is 12.0 Å². The fourth-order valence-corrected chi connectivity index (χ4v) is 2.87. The van der Waals surface area contributed by atoms with Gasteiger partial charge < -0.3 is 5.32 Å². The first-order valence-corrected chi connectivity index (χ1v) is 6.75. The van der Waals surface area contributed by atoms with Crippen molar-refractivity contribution in [3.63, 3.8) is 0 Å². The van der Waals surface area contributed by atoms with Gasteiger partial charge in [-0.3, -0.25) is 4.79 Å². The number of Topliss-reactive ketones (excluding diaryl/α,β-unsaturated/α-hetero) is 1. The molecule has 2 rings (SSSR count). The third-order valence-electron chi connectivity index (χ3n) is 3.97. The molecule has 0 spiro atoms. The Kier molecular flexibility index (Phi) is 4.16. The first-order chi connectivity index (χ1) is 7.79. The van der Waals surface area contributed by atoms with E-state index in [4.69, 9.17) is 0 Å². The zero-order chi connectivity index (χ0) is 11.4. The van der Waals surface area contributed by atoms with E-state index in [9.17, 15) is 4.79 Å². The molecule has 0 aromatic rings. The molecule has 90 valence electrons. The van der Waals surface area contributed by atoms with E-state index in [2.05, 4.69) is 18.3 Å². The molecule has 1 saturated heterocycles. The smallest absolute Gasteiger partial charge is 0.163 e. The standard InChI is InChI=1S/C14H23NO/c1-11-13(9-10-15-11)14(16)12-7-5-3-2-4-6-8-12/h7,11,13,15H,2-6,8-10H2,1H3. The van der Waals surface area contributed by atoms with Crippen molar-refractivity contribution in [2.45, 2.75) is 57.9 Å². The molecule has 16 heavy (non-hydrogen) atoms. The lowest BCUT2D eigenvalue weighted by molar-refractivity contribution is -0.119. The Hall–Kier alpha value is -0.630. The highest BCUT2D eigenvalue weighted by atomic mass is 16.1. The first kappa shape index (κ1) is 11.8. The van der Waals surface area contributed by atoms with Gasteiger partial charge in [-0.25, -0.2) is 0 Å². The van der Waals surface area contributed by atoms with E-state index in [0.717, 1.165) is 31.4 Å². The minimum atomic E-state index is 0.241. The van der Waals surface area contributed by atoms with Gasteiger partial charge in [0.15, 0.2) is 5.78 Å². The molecule has 0 aromatic carbocycles. The number of nitrogens with one attached hydrogen (secondary N) is 1. The van der Waals surface area contributed by atoms with Gasteiger partial charge in [0.05, 0.1) is 0 Å². The SMILES string of the molecule is CC1NCCC1C(=O)C1=CCCCCCC1. The lowest BCUT2D eigenvalue weighted by Gasteiger charge is -2.17. The summed E-state index contributed by atoms with van der Waals surface area (Å²) in [5.74, 6) is 0.671. The van der Waals surface area contributed by atoms with Crippen LogP contribution < -0.4 is 5.32 Å². The molecule has 2 atom stereocenters. The fourth-order valence-electron chi connectivity index (χ4n) is 2.87. The van der Waals surface area contributed by atoms with Crippen molar-refractivity contribution in [3.8, 4) is 0 Å². The van der Waals surface area contributed by atoms with Crippen molar-refractivity contribution in [2.24, 2.45) is 5.92 Å². The van der Waals surface area contributed by atoms with Gasteiger partial charge in [-0.05, 0) is 51.1 Å². The molecule has 1 aliphatic heterocycles. The summed E-state index contributed by atoms with van der Waals surface area (Å²) in [6.45, 7) is 3.14. The van der Waals surface area contributed by atoms with Gasteiger partial charge in [-0.1, -0.05) is 18.9 Å². The van der Waals surface area contributed by atoms with E-state index in [1.165, 1.54) is 25.7 Å². The monoisotopic (exact) mass is 221 g/mol. The maximum Gasteiger partial charge on any atom is 0.163 e. The van der Waals surface area contributed by atoms with Crippen LogP contribution in [0.15, 0.2) is 11.6 Å². The Morgan fingerprint density at radius 1 is 1.31 bits per heavy atom. The van der Waals surface area contributed by atoms with Crippen molar-refractivity contribution >= 4 is 5.78 Å². The lowest BCUT2D eigenvalue weighted by atomic mass is 9.87. The zero-order valence-electron chi connectivity index (χ0n) is 10.3. The third-order valence-corrected chi connectivity index (χ3v) is 3.97. The molecule has 0 aromatic heterocycles. The molecule has 0 bridgehead atoms. The van der Waals surface area contributed by atoms with E-state index < -0.39 is 0 Å². The van der Waals surface area contributed by atoms with Gasteiger partial charge in [0.2, 0.25) is 0 Å². The van der Waals surface area contributed by atoms with E-state index >= 15 is 0 Å². The second kappa shape index (κ2) is 5.62. The summed E-state index contributed by atoms with van der Waals surface area (Å²) in [6, 6.07) is 0.374. The Morgan fingerprint density at radius 2 is 2.12 bits per heavy atom. The van der Waals surface area contributed by atoms with Crippen LogP contribution in [0.25, 0.3) is 0 Å². The molecule has 2 aliphatic rings. The molecule has 1 heterocycles. The molecule has 2 nitrogen and oxygen atoms in total. The predicted octanol–water partition coefficient (Wildman–Crippen LogP) is 2.83. The molecule has 2 unspecified atom stereocenters. The van der Waals surface area contributed by atoms with Crippen molar-refractivity contribution in [1.82, 2.24) is 5.32 Å². The molecular formula is C14H23NO. The van der Waals surface area contributed by atoms with Gasteiger partial charge >= 0.3 is 0 Å². The summed E-state index contributed by atoms with van der Waals surface area (Å²) >= 11 is 0. The summed E-state index contributed by atoms with van der Waals surface area (Å²) in [4.78, 5) is 12.4. The van der Waals surface area contributed by atoms with E-state index in [0.29, 0.717) is 11.8 Å². The van der Waals surface area contributed by atoms with Crippen molar-refractivity contribution in [2.75, 3.05) is 6.54 Å². The topological polar surface area (TPSA) is 29.1 Å². The molecule has 1 N–H and O–H groups in total. The fraction of sp³-hybridized carbons (Fsp3) is 0.786. The van der Waals surface area contributed by atoms with Crippen LogP contribution in [0.1, 0.15) is 51.9 Å². The number of allylic oxidation sites excluding steroid dienone is 2. The summed E-state index contributed by atoms with van der Waals surface area (Å²) in [7, 11) is 0. The Morgan fingerprint density at radius 3 is 2.88 bits per heavy atom. The minimum absolute atomic E-state index is 0.241. The zero-order valence-corrected chi connectivity index (χ0v) is 10.3. The second-order valence-corrected chi connectivity index (χ2v) is 5.18. The summed E-state index contributed by atoms with van der Waals surface area (Å²) in [5, 5.41) is 3.37. The molecule has 0 saturated carbocycles. The summed E-state index contributed by atoms with van der Waals surface area (Å²) < 4.78 is 0. The largest absolute Gasteiger partial charge is 0.313 e. The normalized spacial score (nSPS) is 31.7. The van der Waals surface area contributed by atoms with Crippen LogP contribution in [0.4, 0.5) is 0 Å². The highest BCUT2D eigenvalue weighted by Crippen LogP contribution is 2.25. The summed E-state index contributed by atoms with van der Waals surface area (Å²) in [5.41, 5.74) is 1.13. The lowest BCUT2D eigenvalue weighted by Crippen LogP contribution is -2.29. The Labute approximate surface area is 98.5 Å². The number of carbonyl (C=O) groups excluding carboxylic acids is 1. The number of carbonyl (C=O) groups is 1. The minimum Gasteiger partial charge on any atom is -0.313 e. The van der Waals surface area contributed by atoms with Gasteiger partial charge in [-0.15, -0.1) is 0 Å². The van der Waals surface area contributed by atoms with Crippen molar-refractivity contribution in [1.29, 1.82) is 0 Å². The van der Waals surface area contributed by atoms with Crippen LogP contribution in [0.5, 0.6) is 0 Å². The first-order valence-electron chi connectivity index (χ1n) is 6.75. The van der Waals surface area contributed by atoms with Crippen LogP contribution >= 0.6 is 0 Å². The third kappa shape index (κ3) is 2.73. The second-order valence-electron chi connectivity index (χ2n) is 5.18. The van der Waals surface area contributed by atoms with E-state index in [1.807, 2.05) is 0 Å².